The van der Waals surface area contributed by atoms with Crippen LogP contribution >= 0.6 is 0 Å². The van der Waals surface area contributed by atoms with Gasteiger partial charge in [0.2, 0.25) is 0 Å². The van der Waals surface area contributed by atoms with Gasteiger partial charge in [0.1, 0.15) is 11.6 Å². The van der Waals surface area contributed by atoms with E-state index in [0.29, 0.717) is 24.2 Å². The van der Waals surface area contributed by atoms with E-state index in [4.69, 9.17) is 4.74 Å². The van der Waals surface area contributed by atoms with E-state index in [-0.39, 0.29) is 23.1 Å². The van der Waals surface area contributed by atoms with Crippen LogP contribution in [0.3, 0.4) is 0 Å². The normalized spacial score (nSPS) is 11.1. The molecule has 0 aliphatic heterocycles. The average Bonchev–Trinajstić information content (AvgIpc) is 2.81. The number of nitrogens with zero attached hydrogens (tertiary/aromatic N) is 2. The Balaban J connectivity index is 1.84. The number of benzene rings is 3. The fourth-order valence-corrected chi connectivity index (χ4v) is 3.96. The third-order valence-corrected chi connectivity index (χ3v) is 5.56. The highest BCUT2D eigenvalue weighted by Gasteiger charge is 2.20. The first-order chi connectivity index (χ1) is 16.3. The average molecular weight is 459 g/mol. The summed E-state index contributed by atoms with van der Waals surface area (Å²) in [6, 6.07) is 21.4. The summed E-state index contributed by atoms with van der Waals surface area (Å²) >= 11 is 0. The van der Waals surface area contributed by atoms with Crippen LogP contribution in [0.5, 0.6) is 11.5 Å². The van der Waals surface area contributed by atoms with Crippen molar-refractivity contribution >= 4 is 0 Å². The topological polar surface area (TPSA) is 64.4 Å². The van der Waals surface area contributed by atoms with E-state index in [1.165, 1.54) is 16.7 Å². The number of ether oxygens (including phenoxy) is 1. The van der Waals surface area contributed by atoms with Crippen molar-refractivity contribution in [2.75, 3.05) is 0 Å². The predicted octanol–water partition coefficient (Wildman–Crippen LogP) is 5.76. The largest absolute Gasteiger partial charge is 0.504 e. The van der Waals surface area contributed by atoms with Crippen LogP contribution < -0.4 is 10.3 Å². The maximum Gasteiger partial charge on any atom is 0.261 e. The molecule has 0 amide bonds. The highest BCUT2D eigenvalue weighted by molar-refractivity contribution is 5.70. The number of aryl methyl sites for hydroxylation is 2. The lowest BCUT2D eigenvalue weighted by molar-refractivity contribution is 0.242. The second-order valence-electron chi connectivity index (χ2n) is 8.42. The Labute approximate surface area is 198 Å². The van der Waals surface area contributed by atoms with E-state index in [9.17, 15) is 14.3 Å². The van der Waals surface area contributed by atoms with Crippen LogP contribution in [0.25, 0.3) is 22.5 Å². The summed E-state index contributed by atoms with van der Waals surface area (Å²) < 4.78 is 21.4. The minimum Gasteiger partial charge on any atom is -0.504 e. The second-order valence-corrected chi connectivity index (χ2v) is 8.42. The van der Waals surface area contributed by atoms with Gasteiger partial charge in [-0.15, -0.1) is 0 Å². The van der Waals surface area contributed by atoms with Gasteiger partial charge in [-0.25, -0.2) is 9.37 Å². The Kier molecular flexibility index (Phi) is 6.77. The minimum atomic E-state index is -0.760. The van der Waals surface area contributed by atoms with Gasteiger partial charge >= 0.3 is 0 Å². The lowest BCUT2D eigenvalue weighted by atomic mass is 10.0. The first-order valence-corrected chi connectivity index (χ1v) is 11.3. The zero-order valence-corrected chi connectivity index (χ0v) is 19.5. The number of hydrogen-bond acceptors (Lipinski definition) is 4. The summed E-state index contributed by atoms with van der Waals surface area (Å²) in [5, 5.41) is 10.4. The molecule has 5 nitrogen and oxygen atoms in total. The zero-order valence-electron chi connectivity index (χ0n) is 19.5. The Bertz CT molecular complexity index is 1350. The maximum absolute atomic E-state index is 14.1. The number of para-hydroxylation sites is 1. The molecule has 174 valence electrons. The molecule has 0 fully saturated rings. The Morgan fingerprint density at radius 1 is 1.00 bits per heavy atom. The maximum atomic E-state index is 14.1. The number of aromatic hydroxyl groups is 1. The third kappa shape index (κ3) is 4.86. The number of halogens is 1. The number of aromatic nitrogens is 2. The molecule has 1 heterocycles. The van der Waals surface area contributed by atoms with Crippen molar-refractivity contribution in [3.8, 4) is 34.0 Å². The molecule has 0 saturated heterocycles. The fourth-order valence-electron chi connectivity index (χ4n) is 3.96. The van der Waals surface area contributed by atoms with E-state index in [1.54, 1.807) is 13.0 Å². The molecule has 34 heavy (non-hydrogen) atoms. The minimum absolute atomic E-state index is 0.0442. The summed E-state index contributed by atoms with van der Waals surface area (Å²) in [4.78, 5) is 18.5. The van der Waals surface area contributed by atoms with Crippen LogP contribution in [-0.4, -0.2) is 20.8 Å². The van der Waals surface area contributed by atoms with Crippen LogP contribution in [-0.2, 0) is 13.0 Å². The summed E-state index contributed by atoms with van der Waals surface area (Å²) in [7, 11) is 0. The molecule has 0 bridgehead atoms. The molecular weight excluding hydrogens is 431 g/mol. The van der Waals surface area contributed by atoms with E-state index in [1.807, 2.05) is 68.4 Å². The summed E-state index contributed by atoms with van der Waals surface area (Å²) in [5.41, 5.74) is 2.66. The van der Waals surface area contributed by atoms with Crippen molar-refractivity contribution in [2.24, 2.45) is 0 Å². The number of phenolic OH excluding ortho intramolecular Hbond substituents is 1. The molecule has 1 N–H and O–H groups in total. The van der Waals surface area contributed by atoms with E-state index >= 15 is 0 Å². The van der Waals surface area contributed by atoms with Crippen molar-refractivity contribution < 1.29 is 14.2 Å². The molecule has 4 aromatic rings. The van der Waals surface area contributed by atoms with E-state index < -0.39 is 11.6 Å². The van der Waals surface area contributed by atoms with Crippen molar-refractivity contribution in [2.45, 2.75) is 39.8 Å². The van der Waals surface area contributed by atoms with Crippen LogP contribution in [0, 0.1) is 12.7 Å². The molecule has 0 atom stereocenters. The Hall–Kier alpha value is -3.93. The Morgan fingerprint density at radius 3 is 2.38 bits per heavy atom. The van der Waals surface area contributed by atoms with Gasteiger partial charge in [0, 0.05) is 6.54 Å². The SMILES string of the molecule is Cc1nc(-c2cccc(F)c2O)n(CCc2ccccc2)c(=O)c1-c1ccc(OC(C)C)cc1. The smallest absolute Gasteiger partial charge is 0.261 e. The molecule has 0 spiro atoms. The van der Waals surface area contributed by atoms with Gasteiger partial charge in [0.15, 0.2) is 11.6 Å². The molecule has 1 aromatic heterocycles. The Morgan fingerprint density at radius 2 is 1.71 bits per heavy atom. The van der Waals surface area contributed by atoms with Crippen molar-refractivity contribution in [3.63, 3.8) is 0 Å². The first-order valence-electron chi connectivity index (χ1n) is 11.3. The van der Waals surface area contributed by atoms with Gasteiger partial charge in [-0.05, 0) is 62.6 Å². The lowest BCUT2D eigenvalue weighted by Crippen LogP contribution is -2.27. The van der Waals surface area contributed by atoms with Gasteiger partial charge in [-0.3, -0.25) is 9.36 Å². The lowest BCUT2D eigenvalue weighted by Gasteiger charge is -2.17. The number of phenols is 1. The standard InChI is InChI=1S/C28H27FN2O3/c1-18(2)34-22-14-12-21(13-15-22)25-19(3)30-27(23-10-7-11-24(29)26(23)32)31(28(25)33)17-16-20-8-5-4-6-9-20/h4-15,18,32H,16-17H2,1-3H3. The number of hydrogen-bond donors (Lipinski definition) is 1. The van der Waals surface area contributed by atoms with E-state index in [0.717, 1.165) is 16.9 Å². The molecule has 0 radical (unpaired) electrons. The van der Waals surface area contributed by atoms with Gasteiger partial charge in [0.25, 0.3) is 5.56 Å². The molecule has 0 saturated carbocycles. The summed E-state index contributed by atoms with van der Waals surface area (Å²) in [5.74, 6) is -0.331. The predicted molar refractivity (Wildman–Crippen MR) is 132 cm³/mol. The summed E-state index contributed by atoms with van der Waals surface area (Å²) in [6.45, 7) is 5.97. The third-order valence-electron chi connectivity index (χ3n) is 5.56. The summed E-state index contributed by atoms with van der Waals surface area (Å²) in [6.07, 6.45) is 0.623. The van der Waals surface area contributed by atoms with Gasteiger partial charge < -0.3 is 9.84 Å². The molecule has 6 heteroatoms. The second kappa shape index (κ2) is 9.91. The van der Waals surface area contributed by atoms with Crippen LogP contribution in [0.15, 0.2) is 77.6 Å². The number of rotatable bonds is 7. The molecule has 0 unspecified atom stereocenters. The molecule has 0 aliphatic rings. The zero-order chi connectivity index (χ0) is 24.2. The van der Waals surface area contributed by atoms with Crippen LogP contribution in [0.1, 0.15) is 25.1 Å². The van der Waals surface area contributed by atoms with Crippen LogP contribution in [0.4, 0.5) is 4.39 Å². The van der Waals surface area contributed by atoms with Crippen molar-refractivity contribution in [1.29, 1.82) is 0 Å². The van der Waals surface area contributed by atoms with Gasteiger partial charge in [-0.2, -0.15) is 0 Å². The molecule has 4 rings (SSSR count). The van der Waals surface area contributed by atoms with Crippen LogP contribution in [0.2, 0.25) is 0 Å². The van der Waals surface area contributed by atoms with Crippen molar-refractivity contribution in [1.82, 2.24) is 9.55 Å². The van der Waals surface area contributed by atoms with E-state index in [2.05, 4.69) is 4.98 Å². The highest BCUT2D eigenvalue weighted by Crippen LogP contribution is 2.31. The van der Waals surface area contributed by atoms with Gasteiger partial charge in [-0.1, -0.05) is 48.5 Å². The molecular formula is C28H27FN2O3. The first kappa shape index (κ1) is 23.2. The monoisotopic (exact) mass is 458 g/mol. The van der Waals surface area contributed by atoms with Crippen molar-refractivity contribution in [3.05, 3.63) is 100 Å². The fraction of sp³-hybridized carbons (Fsp3) is 0.214. The highest BCUT2D eigenvalue weighted by atomic mass is 19.1. The molecule has 3 aromatic carbocycles. The quantitative estimate of drug-likeness (QED) is 0.382. The molecule has 0 aliphatic carbocycles. The van der Waals surface area contributed by atoms with Gasteiger partial charge in [0.05, 0.1) is 22.9 Å².